The van der Waals surface area contributed by atoms with Gasteiger partial charge in [0.25, 0.3) is 0 Å². The Morgan fingerprint density at radius 1 is 1.32 bits per heavy atom. The van der Waals surface area contributed by atoms with Gasteiger partial charge >= 0.3 is 0 Å². The number of hydrogen-bond donors (Lipinski definition) is 1. The second-order valence-corrected chi connectivity index (χ2v) is 7.53. The molecule has 0 spiro atoms. The van der Waals surface area contributed by atoms with Gasteiger partial charge in [0.2, 0.25) is 11.8 Å². The van der Waals surface area contributed by atoms with Crippen LogP contribution in [0.5, 0.6) is 0 Å². The van der Waals surface area contributed by atoms with Crippen LogP contribution in [0, 0.1) is 0 Å². The van der Waals surface area contributed by atoms with Gasteiger partial charge in [-0.3, -0.25) is 19.5 Å². The van der Waals surface area contributed by atoms with Crippen LogP contribution in [0.25, 0.3) is 10.9 Å². The first kappa shape index (κ1) is 20.0. The molecule has 0 bridgehead atoms. The van der Waals surface area contributed by atoms with E-state index < -0.39 is 6.04 Å². The van der Waals surface area contributed by atoms with Crippen LogP contribution in [0.4, 0.5) is 0 Å². The minimum absolute atomic E-state index is 0.0443. The summed E-state index contributed by atoms with van der Waals surface area (Å²) >= 11 is 0. The highest BCUT2D eigenvalue weighted by Crippen LogP contribution is 2.18. The SMILES string of the molecule is CC(C)=CCN1CCNC(=O)[C@@H]1CC(=O)N(C)Cc1cccc2cccnc12. The number of para-hydroxylation sites is 1. The van der Waals surface area contributed by atoms with Crippen LogP contribution in [0.3, 0.4) is 0 Å². The van der Waals surface area contributed by atoms with Crippen molar-refractivity contribution in [2.75, 3.05) is 26.7 Å². The maximum absolute atomic E-state index is 12.9. The Hall–Kier alpha value is -2.73. The van der Waals surface area contributed by atoms with E-state index in [2.05, 4.69) is 21.3 Å². The maximum atomic E-state index is 12.9. The maximum Gasteiger partial charge on any atom is 0.237 e. The number of aromatic nitrogens is 1. The molecule has 6 heteroatoms. The van der Waals surface area contributed by atoms with Gasteiger partial charge < -0.3 is 10.2 Å². The molecule has 148 valence electrons. The molecule has 0 saturated carbocycles. The third kappa shape index (κ3) is 4.75. The van der Waals surface area contributed by atoms with Crippen LogP contribution in [-0.2, 0) is 16.1 Å². The van der Waals surface area contributed by atoms with Crippen LogP contribution < -0.4 is 5.32 Å². The number of amides is 2. The summed E-state index contributed by atoms with van der Waals surface area (Å²) < 4.78 is 0. The number of rotatable bonds is 6. The van der Waals surface area contributed by atoms with Crippen LogP contribution in [0.1, 0.15) is 25.8 Å². The highest BCUT2D eigenvalue weighted by atomic mass is 16.2. The predicted octanol–water partition coefficient (Wildman–Crippen LogP) is 2.35. The second-order valence-electron chi connectivity index (χ2n) is 7.53. The van der Waals surface area contributed by atoms with Gasteiger partial charge in [-0.15, -0.1) is 0 Å². The highest BCUT2D eigenvalue weighted by Gasteiger charge is 2.31. The molecule has 28 heavy (non-hydrogen) atoms. The Morgan fingerprint density at radius 3 is 2.89 bits per heavy atom. The van der Waals surface area contributed by atoms with Gasteiger partial charge in [0, 0.05) is 44.8 Å². The third-order valence-corrected chi connectivity index (χ3v) is 5.09. The van der Waals surface area contributed by atoms with E-state index in [0.717, 1.165) is 23.0 Å². The molecular formula is C22H28N4O2. The first-order valence-electron chi connectivity index (χ1n) is 9.67. The van der Waals surface area contributed by atoms with E-state index in [4.69, 9.17) is 0 Å². The molecule has 6 nitrogen and oxygen atoms in total. The summed E-state index contributed by atoms with van der Waals surface area (Å²) in [7, 11) is 1.78. The predicted molar refractivity (Wildman–Crippen MR) is 111 cm³/mol. The summed E-state index contributed by atoms with van der Waals surface area (Å²) in [6.07, 6.45) is 4.04. The minimum atomic E-state index is -0.426. The number of carbonyl (C=O) groups is 2. The van der Waals surface area contributed by atoms with E-state index in [9.17, 15) is 9.59 Å². The van der Waals surface area contributed by atoms with Gasteiger partial charge in [0.15, 0.2) is 0 Å². The Bertz CT molecular complexity index is 884. The van der Waals surface area contributed by atoms with Crippen molar-refractivity contribution >= 4 is 22.7 Å². The molecule has 3 rings (SSSR count). The van der Waals surface area contributed by atoms with Crippen LogP contribution >= 0.6 is 0 Å². The topological polar surface area (TPSA) is 65.5 Å². The quantitative estimate of drug-likeness (QED) is 0.782. The molecule has 1 aliphatic heterocycles. The summed E-state index contributed by atoms with van der Waals surface area (Å²) in [6, 6.07) is 9.48. The molecule has 0 aliphatic carbocycles. The fraction of sp³-hybridized carbons (Fsp3) is 0.409. The molecule has 1 N–H and O–H groups in total. The molecule has 2 heterocycles. The molecular weight excluding hydrogens is 352 g/mol. The number of carbonyl (C=O) groups excluding carboxylic acids is 2. The smallest absolute Gasteiger partial charge is 0.237 e. The third-order valence-electron chi connectivity index (χ3n) is 5.09. The number of nitrogens with one attached hydrogen (secondary N) is 1. The number of fused-ring (bicyclic) bond motifs is 1. The largest absolute Gasteiger partial charge is 0.353 e. The monoisotopic (exact) mass is 380 g/mol. The van der Waals surface area contributed by atoms with Crippen molar-refractivity contribution in [3.63, 3.8) is 0 Å². The lowest BCUT2D eigenvalue weighted by Crippen LogP contribution is -2.56. The fourth-order valence-corrected chi connectivity index (χ4v) is 3.46. The first-order chi connectivity index (χ1) is 13.5. The Kier molecular flexibility index (Phi) is 6.41. The average Bonchev–Trinajstić information content (AvgIpc) is 2.68. The summed E-state index contributed by atoms with van der Waals surface area (Å²) in [5.41, 5.74) is 3.12. The number of hydrogen-bond acceptors (Lipinski definition) is 4. The molecule has 2 aromatic rings. The zero-order chi connectivity index (χ0) is 20.1. The summed E-state index contributed by atoms with van der Waals surface area (Å²) in [5.74, 6) is -0.112. The van der Waals surface area contributed by atoms with Gasteiger partial charge in [-0.1, -0.05) is 35.9 Å². The number of benzene rings is 1. The van der Waals surface area contributed by atoms with Crippen molar-refractivity contribution in [3.8, 4) is 0 Å². The van der Waals surface area contributed by atoms with E-state index in [0.29, 0.717) is 19.6 Å². The molecule has 0 unspecified atom stereocenters. The van der Waals surface area contributed by atoms with E-state index in [1.807, 2.05) is 44.2 Å². The first-order valence-corrected chi connectivity index (χ1v) is 9.67. The molecule has 1 aliphatic rings. The molecule has 1 aromatic heterocycles. The van der Waals surface area contributed by atoms with Gasteiger partial charge in [-0.05, 0) is 25.5 Å². The van der Waals surface area contributed by atoms with Crippen molar-refractivity contribution in [2.24, 2.45) is 0 Å². The van der Waals surface area contributed by atoms with Crippen LogP contribution in [0.15, 0.2) is 48.2 Å². The average molecular weight is 380 g/mol. The van der Waals surface area contributed by atoms with Crippen LogP contribution in [-0.4, -0.2) is 59.3 Å². The molecule has 1 aromatic carbocycles. The van der Waals surface area contributed by atoms with Crippen LogP contribution in [0.2, 0.25) is 0 Å². The molecule has 1 saturated heterocycles. The lowest BCUT2D eigenvalue weighted by molar-refractivity contribution is -0.138. The normalized spacial score (nSPS) is 17.2. The summed E-state index contributed by atoms with van der Waals surface area (Å²) in [6.45, 7) is 6.61. The van der Waals surface area contributed by atoms with Crippen molar-refractivity contribution in [3.05, 3.63) is 53.7 Å². The Morgan fingerprint density at radius 2 is 2.11 bits per heavy atom. The van der Waals surface area contributed by atoms with E-state index in [1.165, 1.54) is 5.57 Å². The minimum Gasteiger partial charge on any atom is -0.353 e. The van der Waals surface area contributed by atoms with Gasteiger partial charge in [-0.25, -0.2) is 0 Å². The lowest BCUT2D eigenvalue weighted by atomic mass is 10.1. The second kappa shape index (κ2) is 8.97. The fourth-order valence-electron chi connectivity index (χ4n) is 3.46. The van der Waals surface area contributed by atoms with Gasteiger partial charge in [-0.2, -0.15) is 0 Å². The molecule has 2 amide bonds. The summed E-state index contributed by atoms with van der Waals surface area (Å²) in [5, 5.41) is 3.94. The lowest BCUT2D eigenvalue weighted by Gasteiger charge is -2.34. The highest BCUT2D eigenvalue weighted by molar-refractivity contribution is 5.89. The number of piperazine rings is 1. The van der Waals surface area contributed by atoms with Crippen molar-refractivity contribution in [2.45, 2.75) is 32.9 Å². The zero-order valence-corrected chi connectivity index (χ0v) is 16.8. The zero-order valence-electron chi connectivity index (χ0n) is 16.8. The molecule has 1 fully saturated rings. The Balaban J connectivity index is 1.69. The van der Waals surface area contributed by atoms with E-state index in [1.54, 1.807) is 18.1 Å². The summed E-state index contributed by atoms with van der Waals surface area (Å²) in [4.78, 5) is 33.5. The van der Waals surface area contributed by atoms with Gasteiger partial charge in [0.1, 0.15) is 0 Å². The van der Waals surface area contributed by atoms with E-state index in [-0.39, 0.29) is 18.2 Å². The van der Waals surface area contributed by atoms with Crippen molar-refractivity contribution in [1.82, 2.24) is 20.1 Å². The molecule has 0 radical (unpaired) electrons. The van der Waals surface area contributed by atoms with Crippen molar-refractivity contribution in [1.29, 1.82) is 0 Å². The van der Waals surface area contributed by atoms with E-state index >= 15 is 0 Å². The number of nitrogens with zero attached hydrogens (tertiary/aromatic N) is 3. The standard InChI is InChI=1S/C22H28N4O2/c1-16(2)9-12-26-13-11-24-22(28)19(26)14-20(27)25(3)15-18-7-4-6-17-8-5-10-23-21(17)18/h4-10,19H,11-15H2,1-3H3,(H,24,28)/t19-/m0/s1. The number of pyridine rings is 1. The Labute approximate surface area is 166 Å². The number of allylic oxidation sites excluding steroid dienone is 1. The van der Waals surface area contributed by atoms with Gasteiger partial charge in [0.05, 0.1) is 18.0 Å². The van der Waals surface area contributed by atoms with Crippen molar-refractivity contribution < 1.29 is 9.59 Å². The molecule has 1 atom stereocenters.